The fourth-order valence-corrected chi connectivity index (χ4v) is 1.10. The molecule has 0 spiro atoms. The summed E-state index contributed by atoms with van der Waals surface area (Å²) in [5.41, 5.74) is 4.64. The summed E-state index contributed by atoms with van der Waals surface area (Å²) < 4.78 is 0. The summed E-state index contributed by atoms with van der Waals surface area (Å²) in [6, 6.07) is 7.86. The second-order valence-corrected chi connectivity index (χ2v) is 3.02. The molecule has 1 aromatic rings. The second kappa shape index (κ2) is 5.62. The molecule has 0 amide bonds. The lowest BCUT2D eigenvalue weighted by atomic mass is 10.2. The first kappa shape index (κ1) is 10.1. The molecular formula is C10H13ClN2. The normalized spacial score (nSPS) is 10.6. The lowest BCUT2D eigenvalue weighted by molar-refractivity contribution is 1.24. The summed E-state index contributed by atoms with van der Waals surface area (Å²) >= 11 is 5.54. The Morgan fingerprint density at radius 1 is 1.31 bits per heavy atom. The number of nitrogen functional groups attached to an aromatic ring is 1. The standard InChI is InChI=1S/C10H13ClN2/c11-8-2-1-3-9-4-6-10(13-12)7-5-9/h1,3-7,13H,2,8,12H2. The third-order valence-electron chi connectivity index (χ3n) is 1.66. The number of hydrogen-bond acceptors (Lipinski definition) is 2. The number of anilines is 1. The highest BCUT2D eigenvalue weighted by molar-refractivity contribution is 6.17. The van der Waals surface area contributed by atoms with Crippen molar-refractivity contribution in [2.45, 2.75) is 6.42 Å². The monoisotopic (exact) mass is 196 g/mol. The van der Waals surface area contributed by atoms with Crippen LogP contribution < -0.4 is 11.3 Å². The number of hydrazine groups is 1. The fraction of sp³-hybridized carbons (Fsp3) is 0.200. The molecule has 70 valence electrons. The molecule has 1 rings (SSSR count). The van der Waals surface area contributed by atoms with Crippen LogP contribution >= 0.6 is 11.6 Å². The number of halogens is 1. The van der Waals surface area contributed by atoms with E-state index in [0.717, 1.165) is 17.7 Å². The first-order chi connectivity index (χ1) is 6.36. The quantitative estimate of drug-likeness (QED) is 0.442. The SMILES string of the molecule is NNc1ccc(C=CCCCl)cc1. The number of rotatable bonds is 4. The lowest BCUT2D eigenvalue weighted by Gasteiger charge is -1.98. The van der Waals surface area contributed by atoms with Crippen molar-refractivity contribution in [2.75, 3.05) is 11.3 Å². The average Bonchev–Trinajstić information content (AvgIpc) is 2.19. The van der Waals surface area contributed by atoms with Gasteiger partial charge in [-0.05, 0) is 24.1 Å². The van der Waals surface area contributed by atoms with Gasteiger partial charge in [-0.1, -0.05) is 24.3 Å². The van der Waals surface area contributed by atoms with E-state index < -0.39 is 0 Å². The van der Waals surface area contributed by atoms with Crippen LogP contribution in [-0.2, 0) is 0 Å². The minimum Gasteiger partial charge on any atom is -0.324 e. The predicted molar refractivity (Wildman–Crippen MR) is 58.6 cm³/mol. The molecule has 0 fully saturated rings. The number of hydrogen-bond donors (Lipinski definition) is 2. The number of nitrogens with one attached hydrogen (secondary N) is 1. The summed E-state index contributed by atoms with van der Waals surface area (Å²) in [6.07, 6.45) is 5.00. The predicted octanol–water partition coefficient (Wildman–Crippen LogP) is 2.61. The van der Waals surface area contributed by atoms with Crippen LogP contribution in [0.15, 0.2) is 30.3 Å². The van der Waals surface area contributed by atoms with Crippen molar-refractivity contribution >= 4 is 23.4 Å². The first-order valence-corrected chi connectivity index (χ1v) is 4.69. The van der Waals surface area contributed by atoms with Crippen LogP contribution in [0.3, 0.4) is 0 Å². The topological polar surface area (TPSA) is 38.0 Å². The highest BCUT2D eigenvalue weighted by Gasteiger charge is 1.87. The molecule has 3 N–H and O–H groups in total. The van der Waals surface area contributed by atoms with E-state index in [2.05, 4.69) is 11.5 Å². The van der Waals surface area contributed by atoms with Crippen LogP contribution in [0.4, 0.5) is 5.69 Å². The van der Waals surface area contributed by atoms with Crippen molar-refractivity contribution in [1.29, 1.82) is 0 Å². The largest absolute Gasteiger partial charge is 0.324 e. The van der Waals surface area contributed by atoms with E-state index in [-0.39, 0.29) is 0 Å². The molecule has 0 aliphatic carbocycles. The van der Waals surface area contributed by atoms with Gasteiger partial charge in [0.15, 0.2) is 0 Å². The van der Waals surface area contributed by atoms with Crippen LogP contribution in [-0.4, -0.2) is 5.88 Å². The zero-order valence-corrected chi connectivity index (χ0v) is 8.09. The Kier molecular flexibility index (Phi) is 4.36. The first-order valence-electron chi connectivity index (χ1n) is 4.16. The van der Waals surface area contributed by atoms with Gasteiger partial charge < -0.3 is 5.43 Å². The molecule has 0 saturated carbocycles. The van der Waals surface area contributed by atoms with Gasteiger partial charge in [-0.3, -0.25) is 5.84 Å². The van der Waals surface area contributed by atoms with E-state index in [4.69, 9.17) is 17.4 Å². The molecule has 0 bridgehead atoms. The Labute approximate surface area is 83.4 Å². The van der Waals surface area contributed by atoms with Gasteiger partial charge in [-0.15, -0.1) is 11.6 Å². The summed E-state index contributed by atoms with van der Waals surface area (Å²) in [4.78, 5) is 0. The maximum absolute atomic E-state index is 5.54. The van der Waals surface area contributed by atoms with Crippen molar-refractivity contribution in [3.63, 3.8) is 0 Å². The zero-order valence-electron chi connectivity index (χ0n) is 7.33. The van der Waals surface area contributed by atoms with E-state index >= 15 is 0 Å². The van der Waals surface area contributed by atoms with Crippen LogP contribution in [0, 0.1) is 0 Å². The van der Waals surface area contributed by atoms with Gasteiger partial charge in [0.2, 0.25) is 0 Å². The molecule has 2 nitrogen and oxygen atoms in total. The van der Waals surface area contributed by atoms with E-state index in [1.54, 1.807) is 0 Å². The van der Waals surface area contributed by atoms with Gasteiger partial charge >= 0.3 is 0 Å². The van der Waals surface area contributed by atoms with Gasteiger partial charge in [0, 0.05) is 11.6 Å². The Hall–Kier alpha value is -0.990. The number of nitrogens with two attached hydrogens (primary N) is 1. The van der Waals surface area contributed by atoms with Crippen LogP contribution in [0.2, 0.25) is 0 Å². The summed E-state index contributed by atoms with van der Waals surface area (Å²) in [5, 5.41) is 0. The maximum atomic E-state index is 5.54. The smallest absolute Gasteiger partial charge is 0.0485 e. The molecule has 0 saturated heterocycles. The molecule has 0 aliphatic rings. The van der Waals surface area contributed by atoms with Crippen LogP contribution in [0.5, 0.6) is 0 Å². The molecule has 13 heavy (non-hydrogen) atoms. The van der Waals surface area contributed by atoms with E-state index in [9.17, 15) is 0 Å². The van der Waals surface area contributed by atoms with Gasteiger partial charge in [0.25, 0.3) is 0 Å². The van der Waals surface area contributed by atoms with Crippen LogP contribution in [0.1, 0.15) is 12.0 Å². The van der Waals surface area contributed by atoms with Crippen molar-refractivity contribution in [3.8, 4) is 0 Å². The van der Waals surface area contributed by atoms with Crippen molar-refractivity contribution in [2.24, 2.45) is 5.84 Å². The van der Waals surface area contributed by atoms with Gasteiger partial charge in [-0.2, -0.15) is 0 Å². The molecule has 0 radical (unpaired) electrons. The summed E-state index contributed by atoms with van der Waals surface area (Å²) in [7, 11) is 0. The molecule has 0 aromatic heterocycles. The third-order valence-corrected chi connectivity index (χ3v) is 1.88. The van der Waals surface area contributed by atoms with Crippen molar-refractivity contribution in [3.05, 3.63) is 35.9 Å². The zero-order chi connectivity index (χ0) is 9.52. The Balaban J connectivity index is 2.58. The summed E-state index contributed by atoms with van der Waals surface area (Å²) in [5.74, 6) is 5.90. The molecule has 3 heteroatoms. The molecule has 0 aliphatic heterocycles. The van der Waals surface area contributed by atoms with E-state index in [1.807, 2.05) is 30.3 Å². The number of alkyl halides is 1. The Morgan fingerprint density at radius 2 is 2.00 bits per heavy atom. The number of benzene rings is 1. The molecule has 0 atom stereocenters. The second-order valence-electron chi connectivity index (χ2n) is 2.65. The summed E-state index contributed by atoms with van der Waals surface area (Å²) in [6.45, 7) is 0. The molecule has 0 unspecified atom stereocenters. The molecule has 0 heterocycles. The third kappa shape index (κ3) is 3.49. The number of allylic oxidation sites excluding steroid dienone is 1. The molecule has 1 aromatic carbocycles. The molecular weight excluding hydrogens is 184 g/mol. The van der Waals surface area contributed by atoms with Gasteiger partial charge in [-0.25, -0.2) is 0 Å². The van der Waals surface area contributed by atoms with Gasteiger partial charge in [0.1, 0.15) is 0 Å². The Morgan fingerprint density at radius 3 is 2.54 bits per heavy atom. The highest BCUT2D eigenvalue weighted by Crippen LogP contribution is 2.09. The van der Waals surface area contributed by atoms with E-state index in [1.165, 1.54) is 0 Å². The fourth-order valence-electron chi connectivity index (χ4n) is 0.973. The lowest BCUT2D eigenvalue weighted by Crippen LogP contribution is -2.05. The highest BCUT2D eigenvalue weighted by atomic mass is 35.5. The van der Waals surface area contributed by atoms with Crippen LogP contribution in [0.25, 0.3) is 6.08 Å². The van der Waals surface area contributed by atoms with Crippen molar-refractivity contribution in [1.82, 2.24) is 0 Å². The van der Waals surface area contributed by atoms with Gasteiger partial charge in [0.05, 0.1) is 0 Å². The average molecular weight is 197 g/mol. The van der Waals surface area contributed by atoms with Crippen molar-refractivity contribution < 1.29 is 0 Å². The van der Waals surface area contributed by atoms with E-state index in [0.29, 0.717) is 5.88 Å². The maximum Gasteiger partial charge on any atom is 0.0485 e. The Bertz CT molecular complexity index is 267. The minimum absolute atomic E-state index is 0.666. The minimum atomic E-state index is 0.666.